The quantitative estimate of drug-likeness (QED) is 0.769. The summed E-state index contributed by atoms with van der Waals surface area (Å²) in [7, 11) is 0. The van der Waals surface area contributed by atoms with Crippen molar-refractivity contribution in [2.75, 3.05) is 26.2 Å². The largest absolute Gasteiger partial charge is 0.341 e. The number of aromatic amines is 1. The maximum atomic E-state index is 12.3. The van der Waals surface area contributed by atoms with E-state index in [0.29, 0.717) is 19.0 Å². The summed E-state index contributed by atoms with van der Waals surface area (Å²) < 4.78 is 1.46. The Bertz CT molecular complexity index is 632. The van der Waals surface area contributed by atoms with Crippen molar-refractivity contribution in [3.63, 3.8) is 0 Å². The predicted octanol–water partition coefficient (Wildman–Crippen LogP) is 0.147. The molecule has 1 aromatic heterocycles. The molecule has 1 aliphatic heterocycles. The van der Waals surface area contributed by atoms with Gasteiger partial charge in [-0.1, -0.05) is 6.92 Å². The Morgan fingerprint density at radius 1 is 1.41 bits per heavy atom. The number of likely N-dealkylation sites (tertiary alicyclic amines) is 1. The molecule has 0 aromatic carbocycles. The van der Waals surface area contributed by atoms with Crippen molar-refractivity contribution in [1.82, 2.24) is 19.8 Å². The molecule has 0 aliphatic carbocycles. The molecule has 1 saturated heterocycles. The summed E-state index contributed by atoms with van der Waals surface area (Å²) in [5.41, 5.74) is -1.05. The third kappa shape index (κ3) is 4.30. The molecule has 1 aliphatic rings. The molecule has 0 spiro atoms. The van der Waals surface area contributed by atoms with E-state index in [1.165, 1.54) is 10.8 Å². The summed E-state index contributed by atoms with van der Waals surface area (Å²) in [5.74, 6) is 0.511. The number of amides is 1. The van der Waals surface area contributed by atoms with Gasteiger partial charge >= 0.3 is 5.69 Å². The number of nitrogens with one attached hydrogen (secondary N) is 2. The maximum Gasteiger partial charge on any atom is 0.328 e. The van der Waals surface area contributed by atoms with Crippen molar-refractivity contribution in [3.05, 3.63) is 31.5 Å². The van der Waals surface area contributed by atoms with Crippen LogP contribution in [0, 0.1) is 5.92 Å². The Morgan fingerprint density at radius 2 is 2.09 bits per heavy atom. The van der Waals surface area contributed by atoms with Crippen LogP contribution in [-0.2, 0) is 11.3 Å². The highest BCUT2D eigenvalue weighted by molar-refractivity contribution is 9.10. The van der Waals surface area contributed by atoms with Crippen LogP contribution >= 0.6 is 15.9 Å². The van der Waals surface area contributed by atoms with E-state index in [4.69, 9.17) is 0 Å². The zero-order valence-corrected chi connectivity index (χ0v) is 14.2. The second-order valence-corrected chi connectivity index (χ2v) is 6.35. The molecule has 1 aromatic rings. The highest BCUT2D eigenvalue weighted by Gasteiger charge is 2.22. The molecule has 8 heteroatoms. The second-order valence-electron chi connectivity index (χ2n) is 5.50. The number of carbonyl (C=O) groups is 1. The molecule has 2 heterocycles. The summed E-state index contributed by atoms with van der Waals surface area (Å²) in [6.07, 6.45) is 3.31. The van der Waals surface area contributed by atoms with Gasteiger partial charge in [-0.25, -0.2) is 4.79 Å². The van der Waals surface area contributed by atoms with Crippen LogP contribution in [0.5, 0.6) is 0 Å². The van der Waals surface area contributed by atoms with Crippen LogP contribution in [0.3, 0.4) is 0 Å². The van der Waals surface area contributed by atoms with Crippen LogP contribution in [0.25, 0.3) is 0 Å². The highest BCUT2D eigenvalue weighted by atomic mass is 79.9. The number of piperidine rings is 1. The summed E-state index contributed by atoms with van der Waals surface area (Å²) >= 11 is 3.06. The Labute approximate surface area is 136 Å². The molecular formula is C14H21BrN4O3. The Kier molecular flexibility index (Phi) is 5.96. The number of hydrogen-bond acceptors (Lipinski definition) is 4. The van der Waals surface area contributed by atoms with Gasteiger partial charge in [0.05, 0.1) is 4.47 Å². The Hall–Kier alpha value is -1.41. The van der Waals surface area contributed by atoms with E-state index in [1.807, 2.05) is 0 Å². The third-order valence-corrected chi connectivity index (χ3v) is 4.49. The lowest BCUT2D eigenvalue weighted by atomic mass is 9.97. The molecule has 2 rings (SSSR count). The zero-order chi connectivity index (χ0) is 16.1. The van der Waals surface area contributed by atoms with Gasteiger partial charge in [-0.05, 0) is 47.8 Å². The van der Waals surface area contributed by atoms with Gasteiger partial charge in [0, 0.05) is 19.3 Å². The molecule has 22 heavy (non-hydrogen) atoms. The molecule has 1 amide bonds. The van der Waals surface area contributed by atoms with Crippen LogP contribution in [0.15, 0.2) is 20.3 Å². The molecule has 122 valence electrons. The first-order valence-electron chi connectivity index (χ1n) is 7.49. The lowest BCUT2D eigenvalue weighted by molar-refractivity contribution is -0.133. The van der Waals surface area contributed by atoms with E-state index in [1.54, 1.807) is 4.90 Å². The minimum Gasteiger partial charge on any atom is -0.341 e. The molecule has 1 fully saturated rings. The molecule has 0 saturated carbocycles. The van der Waals surface area contributed by atoms with E-state index < -0.39 is 11.2 Å². The monoisotopic (exact) mass is 372 g/mol. The first-order valence-corrected chi connectivity index (χ1v) is 8.28. The van der Waals surface area contributed by atoms with Gasteiger partial charge in [0.1, 0.15) is 6.54 Å². The second kappa shape index (κ2) is 7.73. The van der Waals surface area contributed by atoms with Gasteiger partial charge in [-0.2, -0.15) is 0 Å². The molecule has 0 bridgehead atoms. The van der Waals surface area contributed by atoms with Crippen LogP contribution in [0.2, 0.25) is 0 Å². The van der Waals surface area contributed by atoms with Gasteiger partial charge in [0.2, 0.25) is 5.91 Å². The SMILES string of the molecule is CCNCC1CCN(C(=O)Cn2cc(Br)c(=O)[nH]c2=O)CC1. The van der Waals surface area contributed by atoms with Crippen molar-refractivity contribution in [2.24, 2.45) is 5.92 Å². The molecule has 0 atom stereocenters. The van der Waals surface area contributed by atoms with E-state index in [-0.39, 0.29) is 16.9 Å². The van der Waals surface area contributed by atoms with Crippen LogP contribution in [0.1, 0.15) is 19.8 Å². The predicted molar refractivity (Wildman–Crippen MR) is 86.9 cm³/mol. The zero-order valence-electron chi connectivity index (χ0n) is 12.6. The van der Waals surface area contributed by atoms with Crippen LogP contribution in [-0.4, -0.2) is 46.5 Å². The van der Waals surface area contributed by atoms with Crippen molar-refractivity contribution in [1.29, 1.82) is 0 Å². The van der Waals surface area contributed by atoms with Gasteiger partial charge in [-0.15, -0.1) is 0 Å². The van der Waals surface area contributed by atoms with Gasteiger partial charge in [0.15, 0.2) is 0 Å². The average Bonchev–Trinajstić information content (AvgIpc) is 2.51. The van der Waals surface area contributed by atoms with Crippen LogP contribution < -0.4 is 16.6 Å². The number of H-pyrrole nitrogens is 1. The topological polar surface area (TPSA) is 87.2 Å². The number of rotatable bonds is 5. The van der Waals surface area contributed by atoms with Gasteiger partial charge < -0.3 is 10.2 Å². The maximum absolute atomic E-state index is 12.3. The van der Waals surface area contributed by atoms with Crippen LogP contribution in [0.4, 0.5) is 0 Å². The smallest absolute Gasteiger partial charge is 0.328 e. The summed E-state index contributed by atoms with van der Waals surface area (Å²) in [6, 6.07) is 0. The highest BCUT2D eigenvalue weighted by Crippen LogP contribution is 2.16. The summed E-state index contributed by atoms with van der Waals surface area (Å²) in [5, 5.41) is 3.33. The fourth-order valence-electron chi connectivity index (χ4n) is 2.58. The van der Waals surface area contributed by atoms with E-state index in [9.17, 15) is 14.4 Å². The van der Waals surface area contributed by atoms with E-state index >= 15 is 0 Å². The van der Waals surface area contributed by atoms with E-state index in [0.717, 1.165) is 25.9 Å². The Morgan fingerprint density at radius 3 is 2.73 bits per heavy atom. The number of hydrogen-bond donors (Lipinski definition) is 2. The van der Waals surface area contributed by atoms with Gasteiger partial charge in [-0.3, -0.25) is 19.1 Å². The van der Waals surface area contributed by atoms with E-state index in [2.05, 4.69) is 33.2 Å². The molecule has 2 N–H and O–H groups in total. The lowest BCUT2D eigenvalue weighted by Gasteiger charge is -2.32. The molecular weight excluding hydrogens is 352 g/mol. The molecule has 7 nitrogen and oxygen atoms in total. The number of aromatic nitrogens is 2. The molecule has 0 unspecified atom stereocenters. The summed E-state index contributed by atoms with van der Waals surface area (Å²) in [6.45, 7) is 5.42. The average molecular weight is 373 g/mol. The number of nitrogens with zero attached hydrogens (tertiary/aromatic N) is 2. The van der Waals surface area contributed by atoms with Crippen molar-refractivity contribution < 1.29 is 4.79 Å². The standard InChI is InChI=1S/C14H21BrN4O3/c1-2-16-7-10-3-5-18(6-4-10)12(20)9-19-8-11(15)13(21)17-14(19)22/h8,10,16H,2-7,9H2,1H3,(H,17,21,22). The van der Waals surface area contributed by atoms with Crippen molar-refractivity contribution in [3.8, 4) is 0 Å². The Balaban J connectivity index is 1.93. The minimum absolute atomic E-state index is 0.0495. The fraction of sp³-hybridized carbons (Fsp3) is 0.643. The normalized spacial score (nSPS) is 16.0. The lowest BCUT2D eigenvalue weighted by Crippen LogP contribution is -2.43. The van der Waals surface area contributed by atoms with Gasteiger partial charge in [0.25, 0.3) is 5.56 Å². The number of halogens is 1. The minimum atomic E-state index is -0.566. The van der Waals surface area contributed by atoms with Crippen molar-refractivity contribution in [2.45, 2.75) is 26.3 Å². The third-order valence-electron chi connectivity index (χ3n) is 3.92. The fourth-order valence-corrected chi connectivity index (χ4v) is 2.93. The number of carbonyl (C=O) groups excluding carboxylic acids is 1. The molecule has 0 radical (unpaired) electrons. The first kappa shape index (κ1) is 17.0. The summed E-state index contributed by atoms with van der Waals surface area (Å²) in [4.78, 5) is 39.2. The van der Waals surface area contributed by atoms with Crippen molar-refractivity contribution >= 4 is 21.8 Å². The first-order chi connectivity index (χ1) is 10.5.